The Hall–Kier alpha value is -2.49. The van der Waals surface area contributed by atoms with E-state index in [0.717, 1.165) is 12.8 Å². The van der Waals surface area contributed by atoms with Gasteiger partial charge in [-0.15, -0.1) is 0 Å². The molecule has 4 heteroatoms. The quantitative estimate of drug-likeness (QED) is 0.623. The summed E-state index contributed by atoms with van der Waals surface area (Å²) in [6, 6.07) is 14.8. The van der Waals surface area contributed by atoms with E-state index in [9.17, 15) is 9.59 Å². The number of methoxy groups -OCH3 is 1. The Morgan fingerprint density at radius 3 is 2.58 bits per heavy atom. The van der Waals surface area contributed by atoms with Crippen molar-refractivity contribution in [3.63, 3.8) is 0 Å². The number of ketones is 1. The number of rotatable bonds is 5. The molecule has 4 nitrogen and oxygen atoms in total. The smallest absolute Gasteiger partial charge is 0.318 e. The summed E-state index contributed by atoms with van der Waals surface area (Å²) in [4.78, 5) is 29.8. The number of esters is 1. The molecule has 0 bridgehead atoms. The molecule has 1 fully saturated rings. The van der Waals surface area contributed by atoms with Gasteiger partial charge in [-0.25, -0.2) is 0 Å². The highest BCUT2D eigenvalue weighted by molar-refractivity contribution is 5.97. The van der Waals surface area contributed by atoms with Crippen molar-refractivity contribution in [1.82, 2.24) is 4.98 Å². The van der Waals surface area contributed by atoms with Gasteiger partial charge in [0.25, 0.3) is 0 Å². The molecule has 0 unspecified atom stereocenters. The number of hydrogen-bond acceptors (Lipinski definition) is 4. The Bertz CT molecular complexity index is 714. The fourth-order valence-electron chi connectivity index (χ4n) is 3.84. The lowest BCUT2D eigenvalue weighted by molar-refractivity contribution is -0.149. The number of nitrogens with zero attached hydrogens (tertiary/aromatic N) is 1. The van der Waals surface area contributed by atoms with Gasteiger partial charge in [-0.1, -0.05) is 42.8 Å². The Kier molecular flexibility index (Phi) is 4.74. The van der Waals surface area contributed by atoms with Crippen LogP contribution in [0.1, 0.15) is 41.7 Å². The average Bonchev–Trinajstić information content (AvgIpc) is 3.07. The molecule has 1 aliphatic carbocycles. The van der Waals surface area contributed by atoms with Crippen LogP contribution in [-0.4, -0.2) is 23.8 Å². The third-order valence-corrected chi connectivity index (χ3v) is 5.02. The SMILES string of the molecule is COC(=O)[C@@]1(c2ccccn2)CCC[C@@H]1CC(=O)c1ccccc1. The van der Waals surface area contributed by atoms with Crippen molar-refractivity contribution in [3.8, 4) is 0 Å². The molecular weight excluding hydrogens is 302 g/mol. The summed E-state index contributed by atoms with van der Waals surface area (Å²) in [5.74, 6) is -0.316. The van der Waals surface area contributed by atoms with E-state index in [1.807, 2.05) is 48.5 Å². The maximum absolute atomic E-state index is 12.7. The van der Waals surface area contributed by atoms with Crippen LogP contribution in [0.25, 0.3) is 0 Å². The largest absolute Gasteiger partial charge is 0.468 e. The van der Waals surface area contributed by atoms with E-state index in [4.69, 9.17) is 4.74 Å². The van der Waals surface area contributed by atoms with Crippen molar-refractivity contribution in [2.75, 3.05) is 7.11 Å². The van der Waals surface area contributed by atoms with Crippen LogP contribution in [0, 0.1) is 5.92 Å². The normalized spacial score (nSPS) is 23.0. The first-order valence-corrected chi connectivity index (χ1v) is 8.26. The van der Waals surface area contributed by atoms with Crippen molar-refractivity contribution in [2.24, 2.45) is 5.92 Å². The number of pyridine rings is 1. The predicted octanol–water partition coefficient (Wildman–Crippen LogP) is 3.57. The van der Waals surface area contributed by atoms with Gasteiger partial charge < -0.3 is 4.74 Å². The van der Waals surface area contributed by atoms with Gasteiger partial charge in [0.2, 0.25) is 0 Å². The Morgan fingerprint density at radius 2 is 1.92 bits per heavy atom. The molecule has 1 heterocycles. The number of aromatic nitrogens is 1. The number of benzene rings is 1. The molecule has 24 heavy (non-hydrogen) atoms. The molecule has 2 atom stereocenters. The van der Waals surface area contributed by atoms with Crippen LogP contribution in [0.15, 0.2) is 54.7 Å². The minimum absolute atomic E-state index is 0.0618. The zero-order valence-electron chi connectivity index (χ0n) is 13.8. The topological polar surface area (TPSA) is 56.3 Å². The van der Waals surface area contributed by atoms with Crippen molar-refractivity contribution >= 4 is 11.8 Å². The van der Waals surface area contributed by atoms with Gasteiger partial charge >= 0.3 is 5.97 Å². The van der Waals surface area contributed by atoms with Gasteiger partial charge in [-0.05, 0) is 30.9 Å². The average molecular weight is 323 g/mol. The van der Waals surface area contributed by atoms with Gasteiger partial charge in [0.05, 0.1) is 12.8 Å². The van der Waals surface area contributed by atoms with Gasteiger partial charge in [-0.3, -0.25) is 14.6 Å². The third-order valence-electron chi connectivity index (χ3n) is 5.02. The highest BCUT2D eigenvalue weighted by Gasteiger charge is 2.52. The molecule has 124 valence electrons. The van der Waals surface area contributed by atoms with E-state index in [2.05, 4.69) is 4.98 Å². The molecule has 1 aromatic heterocycles. The summed E-state index contributed by atoms with van der Waals surface area (Å²) in [5.41, 5.74) is 0.574. The van der Waals surface area contributed by atoms with Crippen LogP contribution in [0.4, 0.5) is 0 Å². The Balaban J connectivity index is 1.94. The van der Waals surface area contributed by atoms with Crippen LogP contribution < -0.4 is 0 Å². The molecular formula is C20H21NO3. The van der Waals surface area contributed by atoms with Crippen molar-refractivity contribution < 1.29 is 14.3 Å². The van der Waals surface area contributed by atoms with Crippen molar-refractivity contribution in [1.29, 1.82) is 0 Å². The molecule has 0 spiro atoms. The van der Waals surface area contributed by atoms with E-state index in [-0.39, 0.29) is 17.7 Å². The van der Waals surface area contributed by atoms with Crippen LogP contribution in [0.3, 0.4) is 0 Å². The predicted molar refractivity (Wildman–Crippen MR) is 90.7 cm³/mol. The summed E-state index contributed by atoms with van der Waals surface area (Å²) in [6.07, 6.45) is 4.40. The maximum Gasteiger partial charge on any atom is 0.318 e. The van der Waals surface area contributed by atoms with Crippen LogP contribution >= 0.6 is 0 Å². The third kappa shape index (κ3) is 2.84. The Morgan fingerprint density at radius 1 is 1.17 bits per heavy atom. The number of ether oxygens (including phenoxy) is 1. The first-order chi connectivity index (χ1) is 11.7. The molecule has 0 aliphatic heterocycles. The molecule has 1 aromatic carbocycles. The first kappa shape index (κ1) is 16.4. The molecule has 0 saturated heterocycles. The zero-order valence-corrected chi connectivity index (χ0v) is 13.8. The summed E-state index contributed by atoms with van der Waals surface area (Å²) in [6.45, 7) is 0. The summed E-state index contributed by atoms with van der Waals surface area (Å²) in [5, 5.41) is 0. The number of Topliss-reactive ketones (excluding diaryl/α,β-unsaturated/α-hetero) is 1. The summed E-state index contributed by atoms with van der Waals surface area (Å²) in [7, 11) is 1.40. The van der Waals surface area contributed by atoms with Gasteiger partial charge in [-0.2, -0.15) is 0 Å². The minimum atomic E-state index is -0.819. The van der Waals surface area contributed by atoms with Crippen LogP contribution in [-0.2, 0) is 14.9 Å². The molecule has 0 N–H and O–H groups in total. The van der Waals surface area contributed by atoms with E-state index in [0.29, 0.717) is 24.1 Å². The first-order valence-electron chi connectivity index (χ1n) is 8.26. The van der Waals surface area contributed by atoms with Crippen LogP contribution in [0.5, 0.6) is 0 Å². The highest BCUT2D eigenvalue weighted by atomic mass is 16.5. The molecule has 1 saturated carbocycles. The standard InChI is InChI=1S/C20H21NO3/c1-24-19(23)20(18-11-5-6-13-21-18)12-7-10-16(20)14-17(22)15-8-3-2-4-9-15/h2-6,8-9,11,13,16H,7,10,12,14H2,1H3/t16-,20+/m1/s1. The second-order valence-electron chi connectivity index (χ2n) is 6.26. The fourth-order valence-corrected chi connectivity index (χ4v) is 3.84. The molecule has 2 aromatic rings. The number of hydrogen-bond donors (Lipinski definition) is 0. The minimum Gasteiger partial charge on any atom is -0.468 e. The summed E-state index contributed by atoms with van der Waals surface area (Å²) >= 11 is 0. The lowest BCUT2D eigenvalue weighted by Gasteiger charge is -2.32. The molecule has 0 radical (unpaired) electrons. The lowest BCUT2D eigenvalue weighted by atomic mass is 9.72. The molecule has 3 rings (SSSR count). The van der Waals surface area contributed by atoms with Gasteiger partial charge in [0.15, 0.2) is 5.78 Å². The van der Waals surface area contributed by atoms with E-state index in [1.165, 1.54) is 7.11 Å². The van der Waals surface area contributed by atoms with Crippen molar-refractivity contribution in [3.05, 3.63) is 66.0 Å². The Labute approximate surface area is 141 Å². The van der Waals surface area contributed by atoms with E-state index in [1.54, 1.807) is 6.20 Å². The zero-order chi connectivity index (χ0) is 17.0. The van der Waals surface area contributed by atoms with Gasteiger partial charge in [0.1, 0.15) is 5.41 Å². The van der Waals surface area contributed by atoms with Crippen LogP contribution in [0.2, 0.25) is 0 Å². The van der Waals surface area contributed by atoms with E-state index >= 15 is 0 Å². The second kappa shape index (κ2) is 6.95. The number of carbonyl (C=O) groups is 2. The van der Waals surface area contributed by atoms with Crippen molar-refractivity contribution in [2.45, 2.75) is 31.1 Å². The molecule has 1 aliphatic rings. The summed E-state index contributed by atoms with van der Waals surface area (Å²) < 4.78 is 5.12. The maximum atomic E-state index is 12.7. The van der Waals surface area contributed by atoms with E-state index < -0.39 is 5.41 Å². The second-order valence-corrected chi connectivity index (χ2v) is 6.26. The monoisotopic (exact) mass is 323 g/mol. The fraction of sp³-hybridized carbons (Fsp3) is 0.350. The van der Waals surface area contributed by atoms with Gasteiger partial charge in [0, 0.05) is 18.2 Å². The highest BCUT2D eigenvalue weighted by Crippen LogP contribution is 2.47. The number of carbonyl (C=O) groups excluding carboxylic acids is 2. The molecule has 0 amide bonds. The lowest BCUT2D eigenvalue weighted by Crippen LogP contribution is -2.42.